The van der Waals surface area contributed by atoms with E-state index in [4.69, 9.17) is 14.0 Å². The Hall–Kier alpha value is -2.12. The molecule has 0 N–H and O–H groups in total. The monoisotopic (exact) mass is 311 g/mol. The second kappa shape index (κ2) is 6.33. The van der Waals surface area contributed by atoms with Crippen molar-refractivity contribution in [3.05, 3.63) is 11.7 Å². The molecule has 0 atom stereocenters. The minimum atomic E-state index is -0.596. The van der Waals surface area contributed by atoms with Crippen molar-refractivity contribution in [1.82, 2.24) is 15.0 Å². The fourth-order valence-electron chi connectivity index (χ4n) is 2.04. The number of esters is 1. The minimum absolute atomic E-state index is 0.0693. The van der Waals surface area contributed by atoms with Gasteiger partial charge in [0.05, 0.1) is 6.61 Å². The Morgan fingerprint density at radius 2 is 2.05 bits per heavy atom. The van der Waals surface area contributed by atoms with Crippen LogP contribution in [0.2, 0.25) is 0 Å². The Morgan fingerprint density at radius 1 is 1.36 bits per heavy atom. The van der Waals surface area contributed by atoms with Gasteiger partial charge in [0.2, 0.25) is 5.89 Å². The number of likely N-dealkylation sites (tertiary alicyclic amines) is 1. The molecule has 2 rings (SSSR count). The van der Waals surface area contributed by atoms with Crippen LogP contribution < -0.4 is 0 Å². The van der Waals surface area contributed by atoms with Crippen LogP contribution in [0, 0.1) is 5.92 Å². The lowest BCUT2D eigenvalue weighted by Gasteiger charge is -2.39. The van der Waals surface area contributed by atoms with Gasteiger partial charge < -0.3 is 18.9 Å². The number of rotatable bonds is 4. The molecule has 1 aromatic heterocycles. The minimum Gasteiger partial charge on any atom is -0.460 e. The Morgan fingerprint density at radius 3 is 2.64 bits per heavy atom. The van der Waals surface area contributed by atoms with Gasteiger partial charge in [-0.3, -0.25) is 0 Å². The number of aromatic nitrogens is 2. The molecule has 1 aromatic rings. The van der Waals surface area contributed by atoms with Crippen LogP contribution in [0.3, 0.4) is 0 Å². The summed E-state index contributed by atoms with van der Waals surface area (Å²) in [7, 11) is 0. The van der Waals surface area contributed by atoms with E-state index in [1.54, 1.807) is 11.8 Å². The third kappa shape index (κ3) is 4.19. The molecule has 122 valence electrons. The highest BCUT2D eigenvalue weighted by Crippen LogP contribution is 2.22. The molecular formula is C14H21N3O5. The summed E-state index contributed by atoms with van der Waals surface area (Å²) >= 11 is 0. The SMILES string of the molecule is CCOC(=O)c1noc(CC2CN(C(=O)OC(C)(C)C)C2)n1. The Bertz CT molecular complexity index is 543. The number of carbonyl (C=O) groups excluding carboxylic acids is 2. The first-order chi connectivity index (χ1) is 10.3. The van der Waals surface area contributed by atoms with Gasteiger partial charge in [-0.25, -0.2) is 9.59 Å². The summed E-state index contributed by atoms with van der Waals surface area (Å²) in [5.41, 5.74) is -0.497. The number of nitrogens with zero attached hydrogens (tertiary/aromatic N) is 3. The van der Waals surface area contributed by atoms with Crippen molar-refractivity contribution in [3.8, 4) is 0 Å². The molecule has 1 amide bonds. The molecule has 1 fully saturated rings. The third-order valence-electron chi connectivity index (χ3n) is 3.00. The highest BCUT2D eigenvalue weighted by atomic mass is 16.6. The van der Waals surface area contributed by atoms with Crippen molar-refractivity contribution in [2.24, 2.45) is 5.92 Å². The molecule has 2 heterocycles. The smallest absolute Gasteiger partial charge is 0.410 e. The van der Waals surface area contributed by atoms with Crippen LogP contribution in [0.4, 0.5) is 4.79 Å². The van der Waals surface area contributed by atoms with Crippen LogP contribution >= 0.6 is 0 Å². The fourth-order valence-corrected chi connectivity index (χ4v) is 2.04. The number of hydrogen-bond acceptors (Lipinski definition) is 7. The topological polar surface area (TPSA) is 94.8 Å². The van der Waals surface area contributed by atoms with Crippen molar-refractivity contribution < 1.29 is 23.6 Å². The molecule has 0 radical (unpaired) electrons. The maximum absolute atomic E-state index is 11.8. The van der Waals surface area contributed by atoms with Crippen LogP contribution in [-0.4, -0.2) is 52.4 Å². The molecule has 1 aliphatic heterocycles. The predicted molar refractivity (Wildman–Crippen MR) is 75.3 cm³/mol. The number of amides is 1. The van der Waals surface area contributed by atoms with Gasteiger partial charge in [-0.2, -0.15) is 4.98 Å². The normalized spacial score (nSPS) is 15.4. The third-order valence-corrected chi connectivity index (χ3v) is 3.00. The summed E-state index contributed by atoms with van der Waals surface area (Å²) in [6.45, 7) is 8.61. The Labute approximate surface area is 128 Å². The van der Waals surface area contributed by atoms with E-state index < -0.39 is 11.6 Å². The summed E-state index contributed by atoms with van der Waals surface area (Å²) in [5, 5.41) is 3.58. The zero-order valence-electron chi connectivity index (χ0n) is 13.3. The van der Waals surface area contributed by atoms with Crippen LogP contribution in [0.25, 0.3) is 0 Å². The van der Waals surface area contributed by atoms with Gasteiger partial charge in [-0.15, -0.1) is 0 Å². The molecule has 0 bridgehead atoms. The molecule has 0 aliphatic carbocycles. The molecular weight excluding hydrogens is 290 g/mol. The van der Waals surface area contributed by atoms with Crippen LogP contribution in [0.1, 0.15) is 44.2 Å². The zero-order valence-corrected chi connectivity index (χ0v) is 13.3. The Kier molecular flexibility index (Phi) is 4.68. The first-order valence-corrected chi connectivity index (χ1v) is 7.26. The fraction of sp³-hybridized carbons (Fsp3) is 0.714. The van der Waals surface area contributed by atoms with Gasteiger partial charge in [0.15, 0.2) is 0 Å². The first kappa shape index (κ1) is 16.3. The number of carbonyl (C=O) groups is 2. The van der Waals surface area contributed by atoms with E-state index in [9.17, 15) is 9.59 Å². The van der Waals surface area contributed by atoms with Crippen molar-refractivity contribution in [3.63, 3.8) is 0 Å². The molecule has 1 aliphatic rings. The van der Waals surface area contributed by atoms with E-state index in [2.05, 4.69) is 10.1 Å². The van der Waals surface area contributed by atoms with E-state index in [0.717, 1.165) is 0 Å². The standard InChI is InChI=1S/C14H21N3O5/c1-5-20-12(18)11-15-10(22-16-11)6-9-7-17(8-9)13(19)21-14(2,3)4/h9H,5-8H2,1-4H3. The summed E-state index contributed by atoms with van der Waals surface area (Å²) in [5.74, 6) is -0.0680. The van der Waals surface area contributed by atoms with E-state index in [0.29, 0.717) is 25.4 Å². The van der Waals surface area contributed by atoms with Crippen LogP contribution in [-0.2, 0) is 15.9 Å². The van der Waals surface area contributed by atoms with Gasteiger partial charge in [-0.05, 0) is 32.9 Å². The van der Waals surface area contributed by atoms with E-state index in [1.807, 2.05) is 20.8 Å². The van der Waals surface area contributed by atoms with Crippen LogP contribution in [0.15, 0.2) is 4.52 Å². The highest BCUT2D eigenvalue weighted by Gasteiger charge is 2.34. The zero-order chi connectivity index (χ0) is 16.3. The van der Waals surface area contributed by atoms with E-state index >= 15 is 0 Å². The molecule has 0 spiro atoms. The Balaban J connectivity index is 1.78. The maximum atomic E-state index is 11.8. The second-order valence-electron chi connectivity index (χ2n) is 6.19. The lowest BCUT2D eigenvalue weighted by atomic mass is 9.97. The number of ether oxygens (including phenoxy) is 2. The van der Waals surface area contributed by atoms with Gasteiger partial charge >= 0.3 is 12.1 Å². The van der Waals surface area contributed by atoms with Crippen molar-refractivity contribution in [2.45, 2.75) is 39.7 Å². The lowest BCUT2D eigenvalue weighted by molar-refractivity contribution is -0.00188. The van der Waals surface area contributed by atoms with Gasteiger partial charge in [-0.1, -0.05) is 0 Å². The number of hydrogen-bond donors (Lipinski definition) is 0. The predicted octanol–water partition coefficient (Wildman–Crippen LogP) is 1.66. The molecule has 22 heavy (non-hydrogen) atoms. The van der Waals surface area contributed by atoms with Crippen molar-refractivity contribution in [1.29, 1.82) is 0 Å². The molecule has 8 heteroatoms. The van der Waals surface area contributed by atoms with Crippen molar-refractivity contribution in [2.75, 3.05) is 19.7 Å². The second-order valence-corrected chi connectivity index (χ2v) is 6.19. The molecule has 8 nitrogen and oxygen atoms in total. The van der Waals surface area contributed by atoms with E-state index in [1.165, 1.54) is 0 Å². The summed E-state index contributed by atoms with van der Waals surface area (Å²) in [4.78, 5) is 28.8. The molecule has 1 saturated heterocycles. The molecule has 0 unspecified atom stereocenters. The quantitative estimate of drug-likeness (QED) is 0.780. The average molecular weight is 311 g/mol. The highest BCUT2D eigenvalue weighted by molar-refractivity contribution is 5.84. The maximum Gasteiger partial charge on any atom is 0.410 e. The molecule has 0 saturated carbocycles. The first-order valence-electron chi connectivity index (χ1n) is 7.26. The van der Waals surface area contributed by atoms with Crippen molar-refractivity contribution >= 4 is 12.1 Å². The largest absolute Gasteiger partial charge is 0.460 e. The lowest BCUT2D eigenvalue weighted by Crippen LogP contribution is -2.52. The van der Waals surface area contributed by atoms with Gasteiger partial charge in [0, 0.05) is 25.4 Å². The van der Waals surface area contributed by atoms with Gasteiger partial charge in [0.25, 0.3) is 5.82 Å². The average Bonchev–Trinajstić information content (AvgIpc) is 2.79. The van der Waals surface area contributed by atoms with Gasteiger partial charge in [0.1, 0.15) is 5.60 Å². The van der Waals surface area contributed by atoms with Crippen LogP contribution in [0.5, 0.6) is 0 Å². The summed E-state index contributed by atoms with van der Waals surface area (Å²) in [6, 6.07) is 0. The molecule has 0 aromatic carbocycles. The summed E-state index contributed by atoms with van der Waals surface area (Å²) < 4.78 is 15.1. The van der Waals surface area contributed by atoms with E-state index in [-0.39, 0.29) is 24.4 Å². The summed E-state index contributed by atoms with van der Waals surface area (Å²) in [6.07, 6.45) is 0.201.